The van der Waals surface area contributed by atoms with Gasteiger partial charge in [0.25, 0.3) is 0 Å². The van der Waals surface area contributed by atoms with Crippen molar-refractivity contribution in [3.63, 3.8) is 0 Å². The highest BCUT2D eigenvalue weighted by Crippen LogP contribution is 2.28. The van der Waals surface area contributed by atoms with Crippen LogP contribution in [-0.4, -0.2) is 43.1 Å². The zero-order valence-electron chi connectivity index (χ0n) is 13.2. The van der Waals surface area contributed by atoms with Gasteiger partial charge in [-0.25, -0.2) is 0 Å². The van der Waals surface area contributed by atoms with Crippen LogP contribution >= 0.6 is 11.6 Å². The Bertz CT molecular complexity index is 327. The minimum absolute atomic E-state index is 0.763. The molecule has 0 atom stereocenters. The van der Waals surface area contributed by atoms with Crippen molar-refractivity contribution < 1.29 is 0 Å². The van der Waals surface area contributed by atoms with E-state index in [9.17, 15) is 0 Å². The van der Waals surface area contributed by atoms with Gasteiger partial charge >= 0.3 is 0 Å². The fourth-order valence-corrected chi connectivity index (χ4v) is 2.28. The molecule has 0 amide bonds. The molecule has 0 aromatic carbocycles. The Morgan fingerprint density at radius 3 is 2.00 bits per heavy atom. The van der Waals surface area contributed by atoms with E-state index in [0.29, 0.717) is 0 Å². The molecule has 19 heavy (non-hydrogen) atoms. The van der Waals surface area contributed by atoms with E-state index in [-0.39, 0.29) is 0 Å². The maximum absolute atomic E-state index is 6.18. The number of nitrogens with zero attached hydrogens (tertiary/aromatic N) is 3. The molecule has 0 N–H and O–H groups in total. The van der Waals surface area contributed by atoms with Gasteiger partial charge in [-0.05, 0) is 19.5 Å². The van der Waals surface area contributed by atoms with Crippen LogP contribution in [0.15, 0.2) is 12.4 Å². The van der Waals surface area contributed by atoms with Crippen molar-refractivity contribution in [1.29, 1.82) is 0 Å². The lowest BCUT2D eigenvalue weighted by Crippen LogP contribution is -2.44. The fourth-order valence-electron chi connectivity index (χ4n) is 1.96. The fraction of sp³-hybridized carbons (Fsp3) is 0.667. The number of aromatic nitrogens is 1. The molecule has 1 saturated heterocycles. The molecule has 1 aromatic heterocycles. The van der Waals surface area contributed by atoms with E-state index < -0.39 is 0 Å². The molecule has 0 bridgehead atoms. The second-order valence-corrected chi connectivity index (χ2v) is 4.48. The lowest BCUT2D eigenvalue weighted by molar-refractivity contribution is 0.312. The minimum Gasteiger partial charge on any atom is -0.367 e. The van der Waals surface area contributed by atoms with Gasteiger partial charge in [0.15, 0.2) is 0 Å². The SMILES string of the molecule is CC.CC.Cc1cncc(Cl)c1N1CCN(C)CC1. The molecule has 3 nitrogen and oxygen atoms in total. The molecule has 1 fully saturated rings. The Balaban J connectivity index is 0.000000741. The molecule has 0 unspecified atom stereocenters. The molecule has 1 aromatic rings. The highest BCUT2D eigenvalue weighted by atomic mass is 35.5. The predicted octanol–water partition coefficient (Wildman–Crippen LogP) is 3.85. The van der Waals surface area contributed by atoms with E-state index in [4.69, 9.17) is 11.6 Å². The Labute approximate surface area is 123 Å². The smallest absolute Gasteiger partial charge is 0.0825 e. The van der Waals surface area contributed by atoms with Crippen LogP contribution in [0.3, 0.4) is 0 Å². The Hall–Kier alpha value is -0.800. The number of pyridine rings is 1. The van der Waals surface area contributed by atoms with Gasteiger partial charge in [0.1, 0.15) is 0 Å². The van der Waals surface area contributed by atoms with Gasteiger partial charge in [-0.15, -0.1) is 0 Å². The lowest BCUT2D eigenvalue weighted by atomic mass is 10.2. The minimum atomic E-state index is 0.763. The molecule has 1 aliphatic rings. The zero-order chi connectivity index (χ0) is 14.8. The average Bonchev–Trinajstić information content (AvgIpc) is 2.45. The Morgan fingerprint density at radius 1 is 1.00 bits per heavy atom. The summed E-state index contributed by atoms with van der Waals surface area (Å²) in [5.41, 5.74) is 2.31. The lowest BCUT2D eigenvalue weighted by Gasteiger charge is -2.35. The molecule has 110 valence electrons. The van der Waals surface area contributed by atoms with Crippen molar-refractivity contribution in [3.8, 4) is 0 Å². The maximum Gasteiger partial charge on any atom is 0.0825 e. The van der Waals surface area contributed by atoms with Gasteiger partial charge in [0.2, 0.25) is 0 Å². The summed E-state index contributed by atoms with van der Waals surface area (Å²) in [7, 11) is 2.15. The van der Waals surface area contributed by atoms with Crippen LogP contribution in [-0.2, 0) is 0 Å². The number of halogens is 1. The van der Waals surface area contributed by atoms with Crippen molar-refractivity contribution in [1.82, 2.24) is 9.88 Å². The van der Waals surface area contributed by atoms with Crippen molar-refractivity contribution in [2.24, 2.45) is 0 Å². The molecular weight excluding hydrogens is 258 g/mol. The van der Waals surface area contributed by atoms with Crippen LogP contribution in [0.5, 0.6) is 0 Å². The first-order valence-corrected chi connectivity index (χ1v) is 7.60. The monoisotopic (exact) mass is 285 g/mol. The van der Waals surface area contributed by atoms with E-state index in [1.807, 2.05) is 33.9 Å². The van der Waals surface area contributed by atoms with Gasteiger partial charge < -0.3 is 9.80 Å². The summed E-state index contributed by atoms with van der Waals surface area (Å²) >= 11 is 6.18. The highest BCUT2D eigenvalue weighted by Gasteiger charge is 2.18. The Morgan fingerprint density at radius 2 is 1.53 bits per heavy atom. The third-order valence-electron chi connectivity index (χ3n) is 2.88. The van der Waals surface area contributed by atoms with Crippen LogP contribution in [0.2, 0.25) is 5.02 Å². The molecule has 0 aliphatic carbocycles. The van der Waals surface area contributed by atoms with E-state index in [1.54, 1.807) is 6.20 Å². The second-order valence-electron chi connectivity index (χ2n) is 4.08. The highest BCUT2D eigenvalue weighted by molar-refractivity contribution is 6.33. The van der Waals surface area contributed by atoms with Crippen LogP contribution in [0.1, 0.15) is 33.3 Å². The summed E-state index contributed by atoms with van der Waals surface area (Å²) in [6.07, 6.45) is 3.60. The molecule has 4 heteroatoms. The van der Waals surface area contributed by atoms with Crippen LogP contribution in [0.25, 0.3) is 0 Å². The number of piperazine rings is 1. The van der Waals surface area contributed by atoms with Gasteiger partial charge in [0.05, 0.1) is 10.7 Å². The summed E-state index contributed by atoms with van der Waals surface area (Å²) in [5, 5.41) is 0.763. The topological polar surface area (TPSA) is 19.4 Å². The summed E-state index contributed by atoms with van der Waals surface area (Å²) in [5.74, 6) is 0. The number of rotatable bonds is 1. The van der Waals surface area contributed by atoms with E-state index in [2.05, 4.69) is 28.8 Å². The molecular formula is C15H28ClN3. The third-order valence-corrected chi connectivity index (χ3v) is 3.15. The second kappa shape index (κ2) is 10.0. The molecule has 0 saturated carbocycles. The first-order valence-electron chi connectivity index (χ1n) is 7.22. The van der Waals surface area contributed by atoms with Crippen LogP contribution in [0.4, 0.5) is 5.69 Å². The average molecular weight is 286 g/mol. The van der Waals surface area contributed by atoms with Crippen molar-refractivity contribution >= 4 is 17.3 Å². The maximum atomic E-state index is 6.18. The first kappa shape index (κ1) is 18.2. The number of hydrogen-bond acceptors (Lipinski definition) is 3. The molecule has 2 heterocycles. The van der Waals surface area contributed by atoms with Gasteiger partial charge in [0, 0.05) is 38.6 Å². The number of likely N-dealkylation sites (N-methyl/N-ethyl adjacent to an activating group) is 1. The van der Waals surface area contributed by atoms with Crippen molar-refractivity contribution in [2.45, 2.75) is 34.6 Å². The molecule has 1 aliphatic heterocycles. The largest absolute Gasteiger partial charge is 0.367 e. The van der Waals surface area contributed by atoms with Gasteiger partial charge in [-0.1, -0.05) is 39.3 Å². The van der Waals surface area contributed by atoms with E-state index >= 15 is 0 Å². The van der Waals surface area contributed by atoms with E-state index in [0.717, 1.165) is 42.5 Å². The van der Waals surface area contributed by atoms with E-state index in [1.165, 1.54) is 0 Å². The number of aryl methyl sites for hydroxylation is 1. The summed E-state index contributed by atoms with van der Waals surface area (Å²) in [4.78, 5) is 8.77. The summed E-state index contributed by atoms with van der Waals surface area (Å²) in [6, 6.07) is 0. The summed E-state index contributed by atoms with van der Waals surface area (Å²) in [6.45, 7) is 14.3. The zero-order valence-corrected chi connectivity index (χ0v) is 14.0. The Kier molecular flexibility index (Phi) is 9.62. The molecule has 2 rings (SSSR count). The first-order chi connectivity index (χ1) is 9.18. The van der Waals surface area contributed by atoms with Gasteiger partial charge in [-0.2, -0.15) is 0 Å². The van der Waals surface area contributed by atoms with Crippen LogP contribution < -0.4 is 4.90 Å². The van der Waals surface area contributed by atoms with Gasteiger partial charge in [-0.3, -0.25) is 4.98 Å². The predicted molar refractivity (Wildman–Crippen MR) is 86.4 cm³/mol. The van der Waals surface area contributed by atoms with Crippen molar-refractivity contribution in [2.75, 3.05) is 38.1 Å². The van der Waals surface area contributed by atoms with Crippen molar-refractivity contribution in [3.05, 3.63) is 23.0 Å². The number of hydrogen-bond donors (Lipinski definition) is 0. The number of anilines is 1. The van der Waals surface area contributed by atoms with Crippen LogP contribution in [0, 0.1) is 6.92 Å². The normalized spacial score (nSPS) is 15.0. The quantitative estimate of drug-likeness (QED) is 0.781. The summed E-state index contributed by atoms with van der Waals surface area (Å²) < 4.78 is 0. The molecule has 0 spiro atoms. The molecule has 0 radical (unpaired) electrons. The standard InChI is InChI=1S/C11H16ClN3.2C2H6/c1-9-7-13-8-10(12)11(9)15-5-3-14(2)4-6-15;2*1-2/h7-8H,3-6H2,1-2H3;2*1-2H3. The third kappa shape index (κ3) is 5.37.